The molecule has 2 aromatic carbocycles. The van der Waals surface area contributed by atoms with Crippen LogP contribution in [0, 0.1) is 6.92 Å². The zero-order valence-corrected chi connectivity index (χ0v) is 12.2. The molecule has 2 rings (SSSR count). The minimum Gasteiger partial charge on any atom is -0.409 e. The van der Waals surface area contributed by atoms with Gasteiger partial charge in [-0.05, 0) is 18.1 Å². The van der Waals surface area contributed by atoms with Crippen molar-refractivity contribution in [1.29, 1.82) is 0 Å². The van der Waals surface area contributed by atoms with Gasteiger partial charge in [0.25, 0.3) is 0 Å². The van der Waals surface area contributed by atoms with Crippen molar-refractivity contribution < 1.29 is 5.21 Å². The van der Waals surface area contributed by atoms with Crippen molar-refractivity contribution in [3.8, 4) is 0 Å². The highest BCUT2D eigenvalue weighted by atomic mass is 16.4. The Balaban J connectivity index is 2.00. The fourth-order valence-corrected chi connectivity index (χ4v) is 2.33. The summed E-state index contributed by atoms with van der Waals surface area (Å²) in [7, 11) is 0. The number of benzene rings is 2. The molecule has 1 atom stereocenters. The zero-order valence-electron chi connectivity index (χ0n) is 12.2. The standard InChI is InChI=1S/C17H21N3O/c1-13-6-5-7-14(10-13)11-19-12-16(17(18)20-21)15-8-3-2-4-9-15/h2-10,16,19,21H,11-12H2,1H3,(H2,18,20). The number of oxime groups is 1. The van der Waals surface area contributed by atoms with Crippen LogP contribution in [0.2, 0.25) is 0 Å². The van der Waals surface area contributed by atoms with Crippen LogP contribution in [-0.2, 0) is 6.54 Å². The first-order valence-electron chi connectivity index (χ1n) is 6.99. The highest BCUT2D eigenvalue weighted by Crippen LogP contribution is 2.15. The number of rotatable bonds is 6. The van der Waals surface area contributed by atoms with Crippen LogP contribution in [0.5, 0.6) is 0 Å². The highest BCUT2D eigenvalue weighted by molar-refractivity contribution is 5.87. The molecule has 0 aliphatic heterocycles. The van der Waals surface area contributed by atoms with Gasteiger partial charge in [0.15, 0.2) is 0 Å². The minimum atomic E-state index is -0.138. The Hall–Kier alpha value is -2.33. The molecular formula is C17H21N3O. The third kappa shape index (κ3) is 4.33. The Kier molecular flexibility index (Phi) is 5.35. The smallest absolute Gasteiger partial charge is 0.147 e. The van der Waals surface area contributed by atoms with Gasteiger partial charge >= 0.3 is 0 Å². The second-order valence-corrected chi connectivity index (χ2v) is 5.11. The number of nitrogens with zero attached hydrogens (tertiary/aromatic N) is 1. The Labute approximate surface area is 125 Å². The summed E-state index contributed by atoms with van der Waals surface area (Å²) in [6, 6.07) is 18.2. The van der Waals surface area contributed by atoms with Crippen LogP contribution in [0.15, 0.2) is 59.8 Å². The molecule has 4 nitrogen and oxygen atoms in total. The molecule has 4 N–H and O–H groups in total. The van der Waals surface area contributed by atoms with Gasteiger partial charge in [0.2, 0.25) is 0 Å². The van der Waals surface area contributed by atoms with E-state index in [9.17, 15) is 0 Å². The summed E-state index contributed by atoms with van der Waals surface area (Å²) >= 11 is 0. The van der Waals surface area contributed by atoms with E-state index in [2.05, 4.69) is 35.6 Å². The highest BCUT2D eigenvalue weighted by Gasteiger charge is 2.15. The lowest BCUT2D eigenvalue weighted by molar-refractivity contribution is 0.315. The number of hydrogen-bond acceptors (Lipinski definition) is 3. The van der Waals surface area contributed by atoms with Gasteiger partial charge in [-0.2, -0.15) is 0 Å². The number of amidine groups is 1. The summed E-state index contributed by atoms with van der Waals surface area (Å²) in [4.78, 5) is 0. The fourth-order valence-electron chi connectivity index (χ4n) is 2.33. The van der Waals surface area contributed by atoms with Crippen LogP contribution in [0.3, 0.4) is 0 Å². The van der Waals surface area contributed by atoms with Crippen molar-refractivity contribution >= 4 is 5.84 Å². The van der Waals surface area contributed by atoms with E-state index in [-0.39, 0.29) is 11.8 Å². The van der Waals surface area contributed by atoms with E-state index in [1.807, 2.05) is 36.4 Å². The topological polar surface area (TPSA) is 70.6 Å². The molecule has 0 saturated carbocycles. The molecule has 0 spiro atoms. The maximum atomic E-state index is 8.95. The van der Waals surface area contributed by atoms with Crippen LogP contribution in [0.4, 0.5) is 0 Å². The number of aryl methyl sites for hydroxylation is 1. The van der Waals surface area contributed by atoms with Crippen LogP contribution in [0.1, 0.15) is 22.6 Å². The molecule has 0 fully saturated rings. The van der Waals surface area contributed by atoms with E-state index in [1.54, 1.807) is 0 Å². The third-order valence-electron chi connectivity index (χ3n) is 3.43. The van der Waals surface area contributed by atoms with Gasteiger partial charge in [-0.1, -0.05) is 65.3 Å². The lowest BCUT2D eigenvalue weighted by Crippen LogP contribution is -2.31. The first-order valence-corrected chi connectivity index (χ1v) is 6.99. The van der Waals surface area contributed by atoms with Crippen molar-refractivity contribution in [2.45, 2.75) is 19.4 Å². The molecule has 2 aromatic rings. The summed E-state index contributed by atoms with van der Waals surface area (Å²) in [5.74, 6) is 0.0824. The third-order valence-corrected chi connectivity index (χ3v) is 3.43. The summed E-state index contributed by atoms with van der Waals surface area (Å²) in [6.07, 6.45) is 0. The number of nitrogens with two attached hydrogens (primary N) is 1. The van der Waals surface area contributed by atoms with E-state index in [0.29, 0.717) is 6.54 Å². The second-order valence-electron chi connectivity index (χ2n) is 5.11. The molecule has 4 heteroatoms. The van der Waals surface area contributed by atoms with Crippen molar-refractivity contribution in [1.82, 2.24) is 5.32 Å². The summed E-state index contributed by atoms with van der Waals surface area (Å²) in [6.45, 7) is 3.45. The Morgan fingerprint density at radius 2 is 1.95 bits per heavy atom. The molecule has 0 bridgehead atoms. The molecule has 0 aromatic heterocycles. The largest absolute Gasteiger partial charge is 0.409 e. The van der Waals surface area contributed by atoms with Crippen LogP contribution < -0.4 is 11.1 Å². The molecule has 0 amide bonds. The summed E-state index contributed by atoms with van der Waals surface area (Å²) in [5.41, 5.74) is 9.31. The predicted molar refractivity (Wildman–Crippen MR) is 85.5 cm³/mol. The van der Waals surface area contributed by atoms with E-state index >= 15 is 0 Å². The minimum absolute atomic E-state index is 0.138. The van der Waals surface area contributed by atoms with E-state index < -0.39 is 0 Å². The van der Waals surface area contributed by atoms with Gasteiger partial charge in [-0.3, -0.25) is 0 Å². The SMILES string of the molecule is Cc1cccc(CNCC(C(N)=NO)c2ccccc2)c1. The maximum absolute atomic E-state index is 8.95. The molecule has 110 valence electrons. The lowest BCUT2D eigenvalue weighted by atomic mass is 9.98. The molecule has 0 aliphatic carbocycles. The van der Waals surface area contributed by atoms with E-state index in [0.717, 1.165) is 12.1 Å². The Morgan fingerprint density at radius 3 is 2.62 bits per heavy atom. The normalized spacial score (nSPS) is 13.1. The van der Waals surface area contributed by atoms with Crippen LogP contribution in [-0.4, -0.2) is 17.6 Å². The maximum Gasteiger partial charge on any atom is 0.147 e. The van der Waals surface area contributed by atoms with Crippen molar-refractivity contribution in [2.75, 3.05) is 6.54 Å². The van der Waals surface area contributed by atoms with Gasteiger partial charge in [-0.15, -0.1) is 0 Å². The van der Waals surface area contributed by atoms with Crippen molar-refractivity contribution in [3.05, 3.63) is 71.3 Å². The average Bonchev–Trinajstić information content (AvgIpc) is 2.52. The Bertz CT molecular complexity index is 596. The molecule has 0 saturated heterocycles. The zero-order chi connectivity index (χ0) is 15.1. The fraction of sp³-hybridized carbons (Fsp3) is 0.235. The quantitative estimate of drug-likeness (QED) is 0.330. The average molecular weight is 283 g/mol. The molecule has 0 radical (unpaired) electrons. The predicted octanol–water partition coefficient (Wildman–Crippen LogP) is 2.61. The second kappa shape index (κ2) is 7.45. The lowest BCUT2D eigenvalue weighted by Gasteiger charge is -2.17. The number of hydrogen-bond donors (Lipinski definition) is 3. The molecule has 21 heavy (non-hydrogen) atoms. The van der Waals surface area contributed by atoms with Gasteiger partial charge in [0, 0.05) is 13.1 Å². The first kappa shape index (κ1) is 15.1. The molecule has 0 heterocycles. The van der Waals surface area contributed by atoms with Crippen molar-refractivity contribution in [3.63, 3.8) is 0 Å². The molecule has 0 aliphatic rings. The first-order chi connectivity index (χ1) is 10.2. The van der Waals surface area contributed by atoms with Gasteiger partial charge in [0.1, 0.15) is 5.84 Å². The van der Waals surface area contributed by atoms with E-state index in [4.69, 9.17) is 10.9 Å². The summed E-state index contributed by atoms with van der Waals surface area (Å²) in [5, 5.41) is 15.5. The van der Waals surface area contributed by atoms with Gasteiger partial charge in [0.05, 0.1) is 5.92 Å². The monoisotopic (exact) mass is 283 g/mol. The summed E-state index contributed by atoms with van der Waals surface area (Å²) < 4.78 is 0. The molecule has 1 unspecified atom stereocenters. The number of nitrogens with one attached hydrogen (secondary N) is 1. The molecular weight excluding hydrogens is 262 g/mol. The van der Waals surface area contributed by atoms with Crippen LogP contribution >= 0.6 is 0 Å². The van der Waals surface area contributed by atoms with Crippen LogP contribution in [0.25, 0.3) is 0 Å². The van der Waals surface area contributed by atoms with E-state index in [1.165, 1.54) is 11.1 Å². The Morgan fingerprint density at radius 1 is 1.19 bits per heavy atom. The van der Waals surface area contributed by atoms with Gasteiger partial charge in [-0.25, -0.2) is 0 Å². The van der Waals surface area contributed by atoms with Gasteiger partial charge < -0.3 is 16.3 Å². The van der Waals surface area contributed by atoms with Crippen molar-refractivity contribution in [2.24, 2.45) is 10.9 Å².